The van der Waals surface area contributed by atoms with Crippen molar-refractivity contribution in [3.63, 3.8) is 0 Å². The predicted octanol–water partition coefficient (Wildman–Crippen LogP) is 0.983. The van der Waals surface area contributed by atoms with Gasteiger partial charge >= 0.3 is 0 Å². The first-order valence-electron chi connectivity index (χ1n) is 8.85. The molecule has 0 amide bonds. The molecule has 0 fully saturated rings. The molecule has 8 heteroatoms. The van der Waals surface area contributed by atoms with E-state index < -0.39 is 0 Å². The molecule has 1 aromatic heterocycles. The van der Waals surface area contributed by atoms with Gasteiger partial charge in [0.25, 0.3) is 0 Å². The molecule has 3 rings (SSSR count). The molecule has 2 aromatic rings. The molecule has 0 saturated carbocycles. The summed E-state index contributed by atoms with van der Waals surface area (Å²) in [7, 11) is 3.43. The van der Waals surface area contributed by atoms with Gasteiger partial charge in [0.1, 0.15) is 24.8 Å². The number of methoxy groups -OCH3 is 1. The predicted molar refractivity (Wildman–Crippen MR) is 99.3 cm³/mol. The van der Waals surface area contributed by atoms with Crippen molar-refractivity contribution < 1.29 is 9.47 Å². The van der Waals surface area contributed by atoms with Gasteiger partial charge in [-0.25, -0.2) is 9.67 Å². The maximum Gasteiger partial charge on any atom is 0.191 e. The number of aromatic nitrogens is 3. The second-order valence-corrected chi connectivity index (χ2v) is 6.10. The van der Waals surface area contributed by atoms with Gasteiger partial charge in [-0.1, -0.05) is 18.2 Å². The van der Waals surface area contributed by atoms with Crippen molar-refractivity contribution in [2.24, 2.45) is 4.99 Å². The molecule has 26 heavy (non-hydrogen) atoms. The molecule has 0 aliphatic carbocycles. The van der Waals surface area contributed by atoms with E-state index in [1.165, 1.54) is 0 Å². The van der Waals surface area contributed by atoms with Crippen LogP contribution < -0.4 is 15.4 Å². The zero-order valence-electron chi connectivity index (χ0n) is 15.3. The Balaban J connectivity index is 1.43. The van der Waals surface area contributed by atoms with Crippen LogP contribution in [0.25, 0.3) is 0 Å². The molecule has 1 atom stereocenters. The SMILES string of the molecule is CN=C(NCCOc1ccccc1)NC1CCc2nc(COC)nn2C1. The summed E-state index contributed by atoms with van der Waals surface area (Å²) >= 11 is 0. The average Bonchev–Trinajstić information content (AvgIpc) is 3.07. The number of nitrogens with zero attached hydrogens (tertiary/aromatic N) is 4. The van der Waals surface area contributed by atoms with Crippen molar-refractivity contribution in [3.8, 4) is 5.75 Å². The van der Waals surface area contributed by atoms with Crippen LogP contribution in [0.1, 0.15) is 18.1 Å². The second-order valence-electron chi connectivity index (χ2n) is 6.10. The Bertz CT molecular complexity index is 716. The summed E-state index contributed by atoms with van der Waals surface area (Å²) in [6.07, 6.45) is 1.88. The molecule has 2 heterocycles. The molecule has 0 saturated heterocycles. The van der Waals surface area contributed by atoms with Crippen molar-refractivity contribution in [2.75, 3.05) is 27.3 Å². The smallest absolute Gasteiger partial charge is 0.191 e. The van der Waals surface area contributed by atoms with E-state index in [4.69, 9.17) is 9.47 Å². The van der Waals surface area contributed by atoms with Gasteiger partial charge in [-0.2, -0.15) is 5.10 Å². The van der Waals surface area contributed by atoms with E-state index in [0.29, 0.717) is 19.8 Å². The molecule has 0 radical (unpaired) electrons. The van der Waals surface area contributed by atoms with Crippen LogP contribution in [0, 0.1) is 0 Å². The van der Waals surface area contributed by atoms with Crippen molar-refractivity contribution in [2.45, 2.75) is 32.0 Å². The van der Waals surface area contributed by atoms with Gasteiger partial charge in [-0.3, -0.25) is 4.99 Å². The Labute approximate surface area is 153 Å². The molecule has 1 unspecified atom stereocenters. The minimum Gasteiger partial charge on any atom is -0.492 e. The lowest BCUT2D eigenvalue weighted by Crippen LogP contribution is -2.47. The number of aryl methyl sites for hydroxylation is 1. The maximum absolute atomic E-state index is 5.68. The third-order valence-electron chi connectivity index (χ3n) is 4.15. The zero-order chi connectivity index (χ0) is 18.2. The fourth-order valence-electron chi connectivity index (χ4n) is 2.91. The van der Waals surface area contributed by atoms with E-state index in [-0.39, 0.29) is 6.04 Å². The van der Waals surface area contributed by atoms with Crippen LogP contribution in [-0.2, 0) is 24.3 Å². The first-order valence-corrected chi connectivity index (χ1v) is 8.85. The maximum atomic E-state index is 5.68. The molecule has 8 nitrogen and oxygen atoms in total. The molecular formula is C18H26N6O2. The van der Waals surface area contributed by atoms with E-state index >= 15 is 0 Å². The first-order chi connectivity index (χ1) is 12.8. The third-order valence-corrected chi connectivity index (χ3v) is 4.15. The molecule has 2 N–H and O–H groups in total. The van der Waals surface area contributed by atoms with Gasteiger partial charge in [-0.15, -0.1) is 0 Å². The van der Waals surface area contributed by atoms with Crippen LogP contribution in [0.2, 0.25) is 0 Å². The number of hydrogen-bond donors (Lipinski definition) is 2. The van der Waals surface area contributed by atoms with Crippen LogP contribution in [0.15, 0.2) is 35.3 Å². The summed E-state index contributed by atoms with van der Waals surface area (Å²) in [5.74, 6) is 3.40. The van der Waals surface area contributed by atoms with Crippen molar-refractivity contribution >= 4 is 5.96 Å². The fraction of sp³-hybridized carbons (Fsp3) is 0.500. The van der Waals surface area contributed by atoms with Gasteiger partial charge in [0, 0.05) is 26.6 Å². The van der Waals surface area contributed by atoms with Crippen molar-refractivity contribution in [1.82, 2.24) is 25.4 Å². The van der Waals surface area contributed by atoms with Crippen LogP contribution in [0.5, 0.6) is 5.75 Å². The number of benzene rings is 1. The lowest BCUT2D eigenvalue weighted by molar-refractivity contribution is 0.177. The Morgan fingerprint density at radius 2 is 2.19 bits per heavy atom. The van der Waals surface area contributed by atoms with E-state index in [1.807, 2.05) is 35.0 Å². The highest BCUT2D eigenvalue weighted by atomic mass is 16.5. The van der Waals surface area contributed by atoms with Gasteiger partial charge in [-0.05, 0) is 18.6 Å². The lowest BCUT2D eigenvalue weighted by atomic mass is 10.1. The van der Waals surface area contributed by atoms with Gasteiger partial charge in [0.2, 0.25) is 0 Å². The Morgan fingerprint density at radius 1 is 1.35 bits per heavy atom. The number of aliphatic imine (C=N–C) groups is 1. The third kappa shape index (κ3) is 4.95. The number of ether oxygens (including phenoxy) is 2. The van der Waals surface area contributed by atoms with Crippen LogP contribution in [-0.4, -0.2) is 54.1 Å². The number of rotatable bonds is 7. The number of fused-ring (bicyclic) bond motifs is 1. The summed E-state index contributed by atoms with van der Waals surface area (Å²) in [4.78, 5) is 8.79. The second kappa shape index (κ2) is 9.19. The van der Waals surface area contributed by atoms with E-state index in [0.717, 1.165) is 42.7 Å². The summed E-state index contributed by atoms with van der Waals surface area (Å²) in [5, 5.41) is 11.2. The zero-order valence-corrected chi connectivity index (χ0v) is 15.3. The van der Waals surface area contributed by atoms with Gasteiger partial charge in [0.05, 0.1) is 13.1 Å². The van der Waals surface area contributed by atoms with Crippen LogP contribution in [0.4, 0.5) is 0 Å². The first kappa shape index (κ1) is 18.2. The molecule has 1 aromatic carbocycles. The van der Waals surface area contributed by atoms with Gasteiger partial charge in [0.15, 0.2) is 11.8 Å². The fourth-order valence-corrected chi connectivity index (χ4v) is 2.91. The summed E-state index contributed by atoms with van der Waals surface area (Å²) in [6.45, 7) is 2.47. The lowest BCUT2D eigenvalue weighted by Gasteiger charge is -2.25. The van der Waals surface area contributed by atoms with Gasteiger partial charge < -0.3 is 20.1 Å². The normalized spacial score (nSPS) is 16.8. The summed E-state index contributed by atoms with van der Waals surface area (Å²) < 4.78 is 12.7. The largest absolute Gasteiger partial charge is 0.492 e. The quantitative estimate of drug-likeness (QED) is 0.436. The molecule has 1 aliphatic rings. The molecule has 1 aliphatic heterocycles. The van der Waals surface area contributed by atoms with E-state index in [9.17, 15) is 0 Å². The van der Waals surface area contributed by atoms with Crippen LogP contribution in [0.3, 0.4) is 0 Å². The number of para-hydroxylation sites is 1. The standard InChI is InChI=1S/C18H26N6O2/c1-19-18(20-10-11-26-15-6-4-3-5-7-15)21-14-8-9-17-22-16(13-25-2)23-24(17)12-14/h3-7,14H,8-13H2,1-2H3,(H2,19,20,21). The highest BCUT2D eigenvalue weighted by Gasteiger charge is 2.22. The molecule has 0 bridgehead atoms. The van der Waals surface area contributed by atoms with Crippen LogP contribution >= 0.6 is 0 Å². The number of guanidine groups is 1. The highest BCUT2D eigenvalue weighted by molar-refractivity contribution is 5.79. The minimum atomic E-state index is 0.265. The van der Waals surface area contributed by atoms with E-state index in [1.54, 1.807) is 14.2 Å². The Kier molecular flexibility index (Phi) is 6.43. The van der Waals surface area contributed by atoms with E-state index in [2.05, 4.69) is 25.7 Å². The summed E-state index contributed by atoms with van der Waals surface area (Å²) in [5.41, 5.74) is 0. The number of hydrogen-bond acceptors (Lipinski definition) is 5. The monoisotopic (exact) mass is 358 g/mol. The highest BCUT2D eigenvalue weighted by Crippen LogP contribution is 2.13. The minimum absolute atomic E-state index is 0.265. The molecular weight excluding hydrogens is 332 g/mol. The Hall–Kier alpha value is -2.61. The van der Waals surface area contributed by atoms with Crippen molar-refractivity contribution in [3.05, 3.63) is 42.0 Å². The summed E-state index contributed by atoms with van der Waals surface area (Å²) in [6, 6.07) is 10.1. The topological polar surface area (TPSA) is 85.6 Å². The average molecular weight is 358 g/mol. The van der Waals surface area contributed by atoms with Crippen molar-refractivity contribution in [1.29, 1.82) is 0 Å². The number of nitrogens with one attached hydrogen (secondary N) is 2. The molecule has 140 valence electrons. The molecule has 0 spiro atoms. The Morgan fingerprint density at radius 3 is 2.96 bits per heavy atom.